The summed E-state index contributed by atoms with van der Waals surface area (Å²) in [5.74, 6) is 3.60. The third-order valence-electron chi connectivity index (χ3n) is 4.17. The minimum Gasteiger partial charge on any atom is -0.480 e. The summed E-state index contributed by atoms with van der Waals surface area (Å²) in [6.07, 6.45) is 0.350. The summed E-state index contributed by atoms with van der Waals surface area (Å²) in [7, 11) is 0. The van der Waals surface area contributed by atoms with Gasteiger partial charge in [0.1, 0.15) is 17.1 Å². The van der Waals surface area contributed by atoms with Crippen LogP contribution in [0.25, 0.3) is 11.5 Å². The molecular formula is C20H19FN7O4+. The average Bonchev–Trinajstić information content (AvgIpc) is 3.17. The van der Waals surface area contributed by atoms with Crippen molar-refractivity contribution in [3.05, 3.63) is 57.9 Å². The number of halogens is 1. The number of carboxylic acid groups (broad SMARTS) is 1. The lowest BCUT2D eigenvalue weighted by Gasteiger charge is -2.19. The van der Waals surface area contributed by atoms with Crippen molar-refractivity contribution in [1.82, 2.24) is 30.7 Å². The highest BCUT2D eigenvalue weighted by atomic mass is 19.1. The van der Waals surface area contributed by atoms with Gasteiger partial charge in [-0.2, -0.15) is 4.98 Å². The van der Waals surface area contributed by atoms with E-state index in [-0.39, 0.29) is 29.6 Å². The second-order valence-electron chi connectivity index (χ2n) is 7.26. The van der Waals surface area contributed by atoms with Crippen molar-refractivity contribution < 1.29 is 23.9 Å². The quantitative estimate of drug-likeness (QED) is 0.299. The molecule has 12 heteroatoms. The Morgan fingerprint density at radius 1 is 1.28 bits per heavy atom. The van der Waals surface area contributed by atoms with Crippen LogP contribution in [0.3, 0.4) is 0 Å². The highest BCUT2D eigenvalue weighted by Crippen LogP contribution is 2.08. The van der Waals surface area contributed by atoms with Gasteiger partial charge in [-0.05, 0) is 47.8 Å². The van der Waals surface area contributed by atoms with E-state index in [1.165, 1.54) is 32.0 Å². The van der Waals surface area contributed by atoms with E-state index in [2.05, 4.69) is 42.5 Å². The van der Waals surface area contributed by atoms with Gasteiger partial charge in [-0.25, -0.2) is 14.0 Å². The van der Waals surface area contributed by atoms with E-state index < -0.39 is 23.1 Å². The summed E-state index contributed by atoms with van der Waals surface area (Å²) < 4.78 is 13.0. The van der Waals surface area contributed by atoms with Crippen LogP contribution in [0.15, 0.2) is 35.1 Å². The molecule has 4 N–H and O–H groups in total. The Morgan fingerprint density at radius 3 is 2.69 bits per heavy atom. The number of rotatable bonds is 6. The summed E-state index contributed by atoms with van der Waals surface area (Å²) in [5.41, 5.74) is -0.891. The molecule has 1 amide bonds. The lowest BCUT2D eigenvalue weighted by Crippen LogP contribution is -2.55. The number of aliphatic carboxylic acids is 1. The molecule has 2 heterocycles. The first-order chi connectivity index (χ1) is 15.1. The Morgan fingerprint density at radius 2 is 2.00 bits per heavy atom. The van der Waals surface area contributed by atoms with Crippen LogP contribution < -0.4 is 15.8 Å². The Hall–Kier alpha value is -4.40. The van der Waals surface area contributed by atoms with E-state index in [1.807, 2.05) is 0 Å². The number of tetrazole rings is 1. The fourth-order valence-electron chi connectivity index (χ4n) is 2.50. The standard InChI is InChI=1S/C20H18FN7O4/c1-20(2,18(30)31)24-16(29)11-28-26-17(25-27-28)15-10-14(22-19(32)23-15)5-3-4-12-6-8-13(21)9-7-12/h6-10H,4,11H2,1-2H3,(H3,22,23,24,29,30,31,32)/p+1. The molecule has 3 rings (SSSR count). The summed E-state index contributed by atoms with van der Waals surface area (Å²) in [6, 6.07) is 7.38. The van der Waals surface area contributed by atoms with Gasteiger partial charge in [0.05, 0.1) is 10.8 Å². The van der Waals surface area contributed by atoms with Crippen molar-refractivity contribution >= 4 is 11.9 Å². The Bertz CT molecular complexity index is 1270. The minimum atomic E-state index is -1.45. The fourth-order valence-corrected chi connectivity index (χ4v) is 2.50. The fraction of sp³-hybridized carbons (Fsp3) is 0.250. The van der Waals surface area contributed by atoms with Gasteiger partial charge in [0, 0.05) is 12.5 Å². The van der Waals surface area contributed by atoms with Gasteiger partial charge < -0.3 is 10.4 Å². The van der Waals surface area contributed by atoms with Gasteiger partial charge >= 0.3 is 17.5 Å². The smallest absolute Gasteiger partial charge is 0.357 e. The maximum Gasteiger partial charge on any atom is 0.357 e. The maximum atomic E-state index is 13.0. The first kappa shape index (κ1) is 22.3. The Labute approximate surface area is 180 Å². The van der Waals surface area contributed by atoms with Crippen molar-refractivity contribution in [3.63, 3.8) is 0 Å². The number of aromatic amines is 2. The van der Waals surface area contributed by atoms with Gasteiger partial charge in [0.2, 0.25) is 6.54 Å². The first-order valence-corrected chi connectivity index (χ1v) is 9.34. The number of hydrogen-bond donors (Lipinski definition) is 4. The number of H-pyrrole nitrogens is 2. The molecule has 0 fully saturated rings. The van der Waals surface area contributed by atoms with Crippen LogP contribution in [0.2, 0.25) is 0 Å². The van der Waals surface area contributed by atoms with Crippen molar-refractivity contribution in [2.45, 2.75) is 32.4 Å². The molecule has 0 atom stereocenters. The lowest BCUT2D eigenvalue weighted by atomic mass is 10.1. The summed E-state index contributed by atoms with van der Waals surface area (Å²) >= 11 is 0. The van der Waals surface area contributed by atoms with Crippen LogP contribution in [0.4, 0.5) is 4.39 Å². The average molecular weight is 440 g/mol. The number of aromatic nitrogens is 6. The molecule has 11 nitrogen and oxygen atoms in total. The topological polar surface area (TPSA) is 158 Å². The molecular weight excluding hydrogens is 421 g/mol. The highest BCUT2D eigenvalue weighted by Gasteiger charge is 2.30. The van der Waals surface area contributed by atoms with Crippen LogP contribution >= 0.6 is 0 Å². The van der Waals surface area contributed by atoms with E-state index in [0.29, 0.717) is 6.42 Å². The molecule has 164 valence electrons. The molecule has 0 aliphatic rings. The molecule has 32 heavy (non-hydrogen) atoms. The molecule has 0 spiro atoms. The number of carbonyl (C=O) groups excluding carboxylic acids is 1. The number of nitrogens with one attached hydrogen (secondary N) is 3. The molecule has 0 saturated heterocycles. The van der Waals surface area contributed by atoms with Crippen molar-refractivity contribution in [2.75, 3.05) is 0 Å². The summed E-state index contributed by atoms with van der Waals surface area (Å²) in [5, 5.41) is 21.9. The summed E-state index contributed by atoms with van der Waals surface area (Å²) in [6.45, 7) is 2.38. The van der Waals surface area contributed by atoms with E-state index in [1.54, 1.807) is 12.1 Å². The van der Waals surface area contributed by atoms with E-state index >= 15 is 0 Å². The molecule has 0 bridgehead atoms. The first-order valence-electron chi connectivity index (χ1n) is 9.34. The molecule has 0 aliphatic carbocycles. The number of nitrogens with zero attached hydrogens (tertiary/aromatic N) is 4. The van der Waals surface area contributed by atoms with Crippen LogP contribution in [-0.4, -0.2) is 47.9 Å². The Balaban J connectivity index is 1.72. The van der Waals surface area contributed by atoms with Crippen LogP contribution in [-0.2, 0) is 22.6 Å². The van der Waals surface area contributed by atoms with Crippen LogP contribution in [0.5, 0.6) is 0 Å². The molecule has 3 aromatic rings. The second kappa shape index (κ2) is 9.17. The molecule has 0 unspecified atom stereocenters. The zero-order valence-corrected chi connectivity index (χ0v) is 17.1. The number of amides is 1. The van der Waals surface area contributed by atoms with Crippen LogP contribution in [0, 0.1) is 17.7 Å². The van der Waals surface area contributed by atoms with E-state index in [0.717, 1.165) is 10.4 Å². The molecule has 0 radical (unpaired) electrons. The van der Waals surface area contributed by atoms with Gasteiger partial charge in [-0.3, -0.25) is 9.78 Å². The minimum absolute atomic E-state index is 0.0444. The number of carboxylic acids is 1. The maximum absolute atomic E-state index is 13.0. The zero-order valence-electron chi connectivity index (χ0n) is 17.1. The molecule has 1 aromatic carbocycles. The molecule has 0 saturated carbocycles. The molecule has 0 aliphatic heterocycles. The van der Waals surface area contributed by atoms with Gasteiger partial charge in [-0.15, -0.1) is 0 Å². The number of hydrogen-bond acceptors (Lipinski definition) is 6. The van der Waals surface area contributed by atoms with Crippen molar-refractivity contribution in [2.24, 2.45) is 0 Å². The predicted molar refractivity (Wildman–Crippen MR) is 107 cm³/mol. The van der Waals surface area contributed by atoms with Crippen molar-refractivity contribution in [3.8, 4) is 23.4 Å². The van der Waals surface area contributed by atoms with Gasteiger partial charge in [0.25, 0.3) is 5.91 Å². The predicted octanol–water partition coefficient (Wildman–Crippen LogP) is -0.445. The normalized spacial score (nSPS) is 10.8. The number of carbonyl (C=O) groups is 2. The van der Waals surface area contributed by atoms with Gasteiger partial charge in [-0.1, -0.05) is 22.8 Å². The van der Waals surface area contributed by atoms with E-state index in [9.17, 15) is 18.8 Å². The monoisotopic (exact) mass is 440 g/mol. The molecule has 2 aromatic heterocycles. The zero-order chi connectivity index (χ0) is 23.3. The second-order valence-corrected chi connectivity index (χ2v) is 7.26. The van der Waals surface area contributed by atoms with E-state index in [4.69, 9.17) is 5.11 Å². The lowest BCUT2D eigenvalue weighted by molar-refractivity contribution is -0.794. The SMILES string of the molecule is CC(C)(NC(=O)C[n+]1nc(-c2cc(C#CCc3ccc(F)cc3)[nH]c(=O)n2)n[nH]1)C(=O)O. The number of benzene rings is 1. The van der Waals surface area contributed by atoms with Gasteiger partial charge in [0.15, 0.2) is 0 Å². The third kappa shape index (κ3) is 5.82. The van der Waals surface area contributed by atoms with Crippen molar-refractivity contribution in [1.29, 1.82) is 0 Å². The highest BCUT2D eigenvalue weighted by molar-refractivity contribution is 5.85. The Kier molecular flexibility index (Phi) is 6.39. The third-order valence-corrected chi connectivity index (χ3v) is 4.17. The summed E-state index contributed by atoms with van der Waals surface area (Å²) in [4.78, 5) is 42.4. The largest absolute Gasteiger partial charge is 0.480 e. The van der Waals surface area contributed by atoms with Crippen LogP contribution in [0.1, 0.15) is 25.1 Å².